The molecule has 0 amide bonds. The zero-order chi connectivity index (χ0) is 16.7. The molecule has 1 aromatic carbocycles. The number of anilines is 1. The maximum atomic E-state index is 6.17. The molecule has 3 heterocycles. The number of hydrogen-bond donors (Lipinski definition) is 2. The van der Waals surface area contributed by atoms with Crippen LogP contribution < -0.4 is 5.73 Å². The lowest BCUT2D eigenvalue weighted by molar-refractivity contribution is 0.374. The Hall–Kier alpha value is -2.93. The van der Waals surface area contributed by atoms with E-state index in [1.807, 2.05) is 49.2 Å². The number of pyridine rings is 1. The first-order chi connectivity index (χ1) is 11.6. The highest BCUT2D eigenvalue weighted by Gasteiger charge is 2.12. The predicted octanol–water partition coefficient (Wildman–Crippen LogP) is 2.12. The first-order valence-corrected chi connectivity index (χ1v) is 7.83. The summed E-state index contributed by atoms with van der Waals surface area (Å²) in [5.74, 6) is 0.510. The van der Waals surface area contributed by atoms with E-state index in [1.54, 1.807) is 6.20 Å². The van der Waals surface area contributed by atoms with E-state index in [-0.39, 0.29) is 0 Å². The van der Waals surface area contributed by atoms with E-state index in [4.69, 9.17) is 10.8 Å². The Labute approximate surface area is 139 Å². The van der Waals surface area contributed by atoms with Gasteiger partial charge < -0.3 is 10.6 Å². The molecule has 24 heavy (non-hydrogen) atoms. The Morgan fingerprint density at radius 2 is 2.08 bits per heavy atom. The Morgan fingerprint density at radius 1 is 1.21 bits per heavy atom. The number of nitrogens with zero attached hydrogens (tertiary/aromatic N) is 5. The standard InChI is InChI=1S/C17H19N7/c1-23(2)7-8-24-10-13-16(22-24)12-4-3-11(14-5-6-19-21-14)9-15(12)20-17(13)18/h3-6,9-10H,7-8H2,1-2H3,(H2,18,20)(H,19,21). The minimum atomic E-state index is 0.510. The van der Waals surface area contributed by atoms with Crippen molar-refractivity contribution in [2.75, 3.05) is 26.4 Å². The lowest BCUT2D eigenvalue weighted by Gasteiger charge is -2.08. The van der Waals surface area contributed by atoms with Crippen LogP contribution in [-0.2, 0) is 6.54 Å². The summed E-state index contributed by atoms with van der Waals surface area (Å²) < 4.78 is 1.94. The number of nitrogens with one attached hydrogen (secondary N) is 1. The van der Waals surface area contributed by atoms with Crippen molar-refractivity contribution >= 4 is 27.6 Å². The van der Waals surface area contributed by atoms with E-state index < -0.39 is 0 Å². The Bertz CT molecular complexity index is 999. The second-order valence-corrected chi connectivity index (χ2v) is 6.16. The maximum Gasteiger partial charge on any atom is 0.135 e. The van der Waals surface area contributed by atoms with E-state index in [0.29, 0.717) is 5.82 Å². The molecule has 0 aliphatic carbocycles. The Kier molecular flexibility index (Phi) is 3.42. The molecule has 0 saturated carbocycles. The fourth-order valence-corrected chi connectivity index (χ4v) is 2.82. The summed E-state index contributed by atoms with van der Waals surface area (Å²) in [5.41, 5.74) is 9.88. The van der Waals surface area contributed by atoms with Crippen molar-refractivity contribution in [1.29, 1.82) is 0 Å². The molecule has 3 N–H and O–H groups in total. The Morgan fingerprint density at radius 3 is 2.83 bits per heavy atom. The monoisotopic (exact) mass is 321 g/mol. The fraction of sp³-hybridized carbons (Fsp3) is 0.235. The van der Waals surface area contributed by atoms with Gasteiger partial charge in [0, 0.05) is 29.9 Å². The van der Waals surface area contributed by atoms with Gasteiger partial charge >= 0.3 is 0 Å². The summed E-state index contributed by atoms with van der Waals surface area (Å²) in [7, 11) is 4.09. The van der Waals surface area contributed by atoms with Gasteiger partial charge in [0.15, 0.2) is 0 Å². The minimum absolute atomic E-state index is 0.510. The third-order valence-corrected chi connectivity index (χ3v) is 4.12. The third-order valence-electron chi connectivity index (χ3n) is 4.12. The molecule has 0 aliphatic rings. The summed E-state index contributed by atoms with van der Waals surface area (Å²) in [6.07, 6.45) is 3.71. The van der Waals surface area contributed by atoms with Gasteiger partial charge in [-0.05, 0) is 32.3 Å². The number of H-pyrrole nitrogens is 1. The number of likely N-dealkylation sites (N-methyl/N-ethyl adjacent to an activating group) is 1. The lowest BCUT2D eigenvalue weighted by atomic mass is 10.1. The summed E-state index contributed by atoms with van der Waals surface area (Å²) >= 11 is 0. The van der Waals surface area contributed by atoms with Crippen molar-refractivity contribution < 1.29 is 0 Å². The van der Waals surface area contributed by atoms with Crippen LogP contribution in [0.4, 0.5) is 5.82 Å². The van der Waals surface area contributed by atoms with E-state index >= 15 is 0 Å². The largest absolute Gasteiger partial charge is 0.383 e. The van der Waals surface area contributed by atoms with Crippen LogP contribution in [0.15, 0.2) is 36.7 Å². The second kappa shape index (κ2) is 5.61. The molecule has 122 valence electrons. The van der Waals surface area contributed by atoms with E-state index in [9.17, 15) is 0 Å². The average molecular weight is 321 g/mol. The predicted molar refractivity (Wildman–Crippen MR) is 95.6 cm³/mol. The molecule has 7 nitrogen and oxygen atoms in total. The van der Waals surface area contributed by atoms with Gasteiger partial charge in [-0.25, -0.2) is 4.98 Å². The number of nitrogen functional groups attached to an aromatic ring is 1. The molecule has 3 aromatic heterocycles. The number of aromatic nitrogens is 5. The van der Waals surface area contributed by atoms with Crippen molar-refractivity contribution in [3.63, 3.8) is 0 Å². The van der Waals surface area contributed by atoms with Crippen molar-refractivity contribution in [3.05, 3.63) is 36.7 Å². The second-order valence-electron chi connectivity index (χ2n) is 6.16. The van der Waals surface area contributed by atoms with Crippen molar-refractivity contribution in [2.45, 2.75) is 6.54 Å². The molecule has 0 aliphatic heterocycles. The highest BCUT2D eigenvalue weighted by atomic mass is 15.3. The van der Waals surface area contributed by atoms with Gasteiger partial charge in [0.2, 0.25) is 0 Å². The summed E-state index contributed by atoms with van der Waals surface area (Å²) in [4.78, 5) is 6.69. The van der Waals surface area contributed by atoms with Gasteiger partial charge in [0.25, 0.3) is 0 Å². The SMILES string of the molecule is CN(C)CCn1cc2c(N)nc3cc(-c4ccn[nH]4)ccc3c2n1. The van der Waals surface area contributed by atoms with E-state index in [1.165, 1.54) is 0 Å². The number of nitrogens with two attached hydrogens (primary N) is 1. The number of rotatable bonds is 4. The van der Waals surface area contributed by atoms with Crippen LogP contribution in [0.2, 0.25) is 0 Å². The van der Waals surface area contributed by atoms with Crippen molar-refractivity contribution in [2.24, 2.45) is 0 Å². The van der Waals surface area contributed by atoms with Crippen LogP contribution in [0.3, 0.4) is 0 Å². The van der Waals surface area contributed by atoms with Crippen LogP contribution >= 0.6 is 0 Å². The first-order valence-electron chi connectivity index (χ1n) is 7.83. The smallest absolute Gasteiger partial charge is 0.135 e. The van der Waals surface area contributed by atoms with Crippen LogP contribution in [0.25, 0.3) is 33.1 Å². The highest BCUT2D eigenvalue weighted by molar-refractivity contribution is 6.08. The molecule has 4 aromatic rings. The Balaban J connectivity index is 1.84. The zero-order valence-corrected chi connectivity index (χ0v) is 13.7. The fourth-order valence-electron chi connectivity index (χ4n) is 2.82. The van der Waals surface area contributed by atoms with Gasteiger partial charge in [-0.1, -0.05) is 6.07 Å². The molecular weight excluding hydrogens is 302 g/mol. The van der Waals surface area contributed by atoms with Gasteiger partial charge in [0.05, 0.1) is 23.1 Å². The molecule has 0 radical (unpaired) electrons. The molecule has 0 atom stereocenters. The minimum Gasteiger partial charge on any atom is -0.383 e. The number of hydrogen-bond acceptors (Lipinski definition) is 5. The molecule has 0 bridgehead atoms. The van der Waals surface area contributed by atoms with Crippen LogP contribution in [0, 0.1) is 0 Å². The quantitative estimate of drug-likeness (QED) is 0.601. The topological polar surface area (TPSA) is 88.6 Å². The zero-order valence-electron chi connectivity index (χ0n) is 13.7. The van der Waals surface area contributed by atoms with Crippen LogP contribution in [0.1, 0.15) is 0 Å². The molecule has 0 unspecified atom stereocenters. The molecule has 0 fully saturated rings. The van der Waals surface area contributed by atoms with Crippen LogP contribution in [-0.4, -0.2) is 50.5 Å². The van der Waals surface area contributed by atoms with Gasteiger partial charge in [-0.15, -0.1) is 0 Å². The van der Waals surface area contributed by atoms with E-state index in [2.05, 4.69) is 20.1 Å². The summed E-state index contributed by atoms with van der Waals surface area (Å²) in [6.45, 7) is 1.73. The maximum absolute atomic E-state index is 6.17. The first kappa shape index (κ1) is 14.6. The van der Waals surface area contributed by atoms with Gasteiger partial charge in [0.1, 0.15) is 11.3 Å². The number of benzene rings is 1. The summed E-state index contributed by atoms with van der Waals surface area (Å²) in [5, 5.41) is 13.6. The molecule has 0 saturated heterocycles. The average Bonchev–Trinajstić information content (AvgIpc) is 3.22. The molecular formula is C17H19N7. The number of aromatic amines is 1. The van der Waals surface area contributed by atoms with Crippen molar-refractivity contribution in [3.8, 4) is 11.3 Å². The highest BCUT2D eigenvalue weighted by Crippen LogP contribution is 2.29. The molecule has 0 spiro atoms. The van der Waals surface area contributed by atoms with Gasteiger partial charge in [-0.3, -0.25) is 9.78 Å². The lowest BCUT2D eigenvalue weighted by Crippen LogP contribution is -2.18. The summed E-state index contributed by atoms with van der Waals surface area (Å²) in [6, 6.07) is 8.03. The third kappa shape index (κ3) is 2.48. The molecule has 4 rings (SSSR count). The van der Waals surface area contributed by atoms with Crippen molar-refractivity contribution in [1.82, 2.24) is 29.9 Å². The van der Waals surface area contributed by atoms with E-state index in [0.717, 1.165) is 46.2 Å². The van der Waals surface area contributed by atoms with Gasteiger partial charge in [-0.2, -0.15) is 10.2 Å². The normalized spacial score (nSPS) is 11.8. The van der Waals surface area contributed by atoms with Crippen LogP contribution in [0.5, 0.6) is 0 Å². The molecule has 7 heteroatoms. The number of fused-ring (bicyclic) bond motifs is 3.